The predicted octanol–water partition coefficient (Wildman–Crippen LogP) is 2.07. The zero-order valence-electron chi connectivity index (χ0n) is 11.9. The Morgan fingerprint density at radius 3 is 2.28 bits per heavy atom. The highest BCUT2D eigenvalue weighted by atomic mass is 15.2. The van der Waals surface area contributed by atoms with Crippen molar-refractivity contribution in [2.24, 2.45) is 5.73 Å². The van der Waals surface area contributed by atoms with Crippen LogP contribution in [0.5, 0.6) is 0 Å². The Bertz CT molecular complexity index is 208. The lowest BCUT2D eigenvalue weighted by molar-refractivity contribution is 0.184. The van der Waals surface area contributed by atoms with Crippen LogP contribution in [0.2, 0.25) is 0 Å². The molecule has 0 spiro atoms. The molecule has 0 radical (unpaired) electrons. The molecule has 0 aromatic carbocycles. The smallest absolute Gasteiger partial charge is 0.00952 e. The van der Waals surface area contributed by atoms with E-state index in [1.165, 1.54) is 84.1 Å². The number of rotatable bonds is 8. The summed E-state index contributed by atoms with van der Waals surface area (Å²) in [5.41, 5.74) is 5.67. The molecule has 2 N–H and O–H groups in total. The number of hydrogen-bond donors (Lipinski definition) is 1. The van der Waals surface area contributed by atoms with Gasteiger partial charge in [-0.25, -0.2) is 0 Å². The first-order chi connectivity index (χ1) is 8.90. The van der Waals surface area contributed by atoms with Crippen LogP contribution in [0.15, 0.2) is 0 Å². The van der Waals surface area contributed by atoms with Crippen molar-refractivity contribution in [1.82, 2.24) is 9.80 Å². The Kier molecular flexibility index (Phi) is 6.46. The zero-order valence-corrected chi connectivity index (χ0v) is 11.9. The van der Waals surface area contributed by atoms with Gasteiger partial charge in [-0.2, -0.15) is 0 Å². The first-order valence-corrected chi connectivity index (χ1v) is 8.06. The Morgan fingerprint density at radius 1 is 0.944 bits per heavy atom. The van der Waals surface area contributed by atoms with Gasteiger partial charge in [0.25, 0.3) is 0 Å². The molecule has 1 aliphatic heterocycles. The summed E-state index contributed by atoms with van der Waals surface area (Å²) in [6.45, 7) is 7.35. The van der Waals surface area contributed by atoms with Crippen molar-refractivity contribution >= 4 is 0 Å². The summed E-state index contributed by atoms with van der Waals surface area (Å²) in [5.74, 6) is 0. The van der Waals surface area contributed by atoms with E-state index in [2.05, 4.69) is 9.80 Å². The third-order valence-electron chi connectivity index (χ3n) is 4.61. The summed E-state index contributed by atoms with van der Waals surface area (Å²) in [6, 6.07) is 0.870. The van der Waals surface area contributed by atoms with Crippen LogP contribution in [0.25, 0.3) is 0 Å². The summed E-state index contributed by atoms with van der Waals surface area (Å²) in [5, 5.41) is 0. The average Bonchev–Trinajstić information content (AvgIpc) is 3.05. The summed E-state index contributed by atoms with van der Waals surface area (Å²) in [7, 11) is 0. The second-order valence-electron chi connectivity index (χ2n) is 6.02. The molecular formula is C15H31N3. The number of likely N-dealkylation sites (tertiary alicyclic amines) is 1. The molecule has 2 aliphatic rings. The van der Waals surface area contributed by atoms with Crippen LogP contribution in [-0.2, 0) is 0 Å². The molecular weight excluding hydrogens is 222 g/mol. The van der Waals surface area contributed by atoms with E-state index in [1.54, 1.807) is 0 Å². The quantitative estimate of drug-likeness (QED) is 0.719. The SMILES string of the molecule is NCCCN(CCCN1CCCC1)C1CCCC1. The summed E-state index contributed by atoms with van der Waals surface area (Å²) < 4.78 is 0. The van der Waals surface area contributed by atoms with Crippen LogP contribution in [0.3, 0.4) is 0 Å². The largest absolute Gasteiger partial charge is 0.330 e. The normalized spacial score (nSPS) is 22.3. The molecule has 0 amide bonds. The lowest BCUT2D eigenvalue weighted by atomic mass is 10.2. The van der Waals surface area contributed by atoms with Gasteiger partial charge in [0.1, 0.15) is 0 Å². The van der Waals surface area contributed by atoms with Crippen LogP contribution >= 0.6 is 0 Å². The van der Waals surface area contributed by atoms with E-state index in [-0.39, 0.29) is 0 Å². The Labute approximate surface area is 113 Å². The second-order valence-corrected chi connectivity index (χ2v) is 6.02. The predicted molar refractivity (Wildman–Crippen MR) is 77.8 cm³/mol. The molecule has 0 unspecified atom stereocenters. The Morgan fingerprint density at radius 2 is 1.61 bits per heavy atom. The molecule has 1 saturated heterocycles. The average molecular weight is 253 g/mol. The lowest BCUT2D eigenvalue weighted by Crippen LogP contribution is -2.37. The summed E-state index contributed by atoms with van der Waals surface area (Å²) >= 11 is 0. The third-order valence-corrected chi connectivity index (χ3v) is 4.61. The fraction of sp³-hybridized carbons (Fsp3) is 1.00. The van der Waals surface area contributed by atoms with Gasteiger partial charge in [-0.15, -0.1) is 0 Å². The van der Waals surface area contributed by atoms with Crippen molar-refractivity contribution in [2.45, 2.75) is 57.4 Å². The molecule has 0 aromatic rings. The van der Waals surface area contributed by atoms with Gasteiger partial charge in [-0.3, -0.25) is 0 Å². The maximum atomic E-state index is 5.67. The van der Waals surface area contributed by atoms with Gasteiger partial charge in [-0.05, 0) is 77.8 Å². The monoisotopic (exact) mass is 253 g/mol. The van der Waals surface area contributed by atoms with Gasteiger partial charge in [0.15, 0.2) is 0 Å². The number of hydrogen-bond acceptors (Lipinski definition) is 3. The molecule has 0 aromatic heterocycles. The fourth-order valence-electron chi connectivity index (χ4n) is 3.54. The van der Waals surface area contributed by atoms with Gasteiger partial charge in [0.2, 0.25) is 0 Å². The van der Waals surface area contributed by atoms with Gasteiger partial charge < -0.3 is 15.5 Å². The first kappa shape index (κ1) is 14.3. The highest BCUT2D eigenvalue weighted by molar-refractivity contribution is 4.78. The molecule has 2 rings (SSSR count). The van der Waals surface area contributed by atoms with Gasteiger partial charge in [-0.1, -0.05) is 12.8 Å². The molecule has 1 heterocycles. The van der Waals surface area contributed by atoms with Crippen LogP contribution in [0.4, 0.5) is 0 Å². The van der Waals surface area contributed by atoms with Gasteiger partial charge in [0.05, 0.1) is 0 Å². The van der Waals surface area contributed by atoms with E-state index in [4.69, 9.17) is 5.73 Å². The maximum Gasteiger partial charge on any atom is 0.00952 e. The molecule has 2 fully saturated rings. The zero-order chi connectivity index (χ0) is 12.6. The fourth-order valence-corrected chi connectivity index (χ4v) is 3.54. The Hall–Kier alpha value is -0.120. The van der Waals surface area contributed by atoms with Crippen LogP contribution in [0, 0.1) is 0 Å². The minimum absolute atomic E-state index is 0.843. The third kappa shape index (κ3) is 4.52. The van der Waals surface area contributed by atoms with Crippen LogP contribution in [-0.4, -0.2) is 55.1 Å². The van der Waals surface area contributed by atoms with Crippen molar-refractivity contribution in [2.75, 3.05) is 39.3 Å². The van der Waals surface area contributed by atoms with E-state index < -0.39 is 0 Å². The summed E-state index contributed by atoms with van der Waals surface area (Å²) in [4.78, 5) is 5.37. The number of nitrogens with two attached hydrogens (primary N) is 1. The van der Waals surface area contributed by atoms with Crippen LogP contribution in [0.1, 0.15) is 51.4 Å². The molecule has 1 aliphatic carbocycles. The number of nitrogens with zero attached hydrogens (tertiary/aromatic N) is 2. The topological polar surface area (TPSA) is 32.5 Å². The van der Waals surface area contributed by atoms with Crippen molar-refractivity contribution in [3.8, 4) is 0 Å². The van der Waals surface area contributed by atoms with E-state index in [1.807, 2.05) is 0 Å². The molecule has 0 atom stereocenters. The maximum absolute atomic E-state index is 5.67. The Balaban J connectivity index is 1.66. The highest BCUT2D eigenvalue weighted by Gasteiger charge is 2.22. The molecule has 3 heteroatoms. The van der Waals surface area contributed by atoms with Crippen molar-refractivity contribution < 1.29 is 0 Å². The minimum Gasteiger partial charge on any atom is -0.330 e. The standard InChI is InChI=1S/C15H31N3/c16-9-5-13-18(15-7-1-2-8-15)14-6-12-17-10-3-4-11-17/h15H,1-14,16H2. The van der Waals surface area contributed by atoms with Gasteiger partial charge >= 0.3 is 0 Å². The van der Waals surface area contributed by atoms with E-state index >= 15 is 0 Å². The molecule has 3 nitrogen and oxygen atoms in total. The van der Waals surface area contributed by atoms with E-state index in [9.17, 15) is 0 Å². The van der Waals surface area contributed by atoms with Crippen LogP contribution < -0.4 is 5.73 Å². The molecule has 1 saturated carbocycles. The first-order valence-electron chi connectivity index (χ1n) is 8.06. The summed E-state index contributed by atoms with van der Waals surface area (Å²) in [6.07, 6.45) is 11.1. The van der Waals surface area contributed by atoms with Crippen molar-refractivity contribution in [3.63, 3.8) is 0 Å². The van der Waals surface area contributed by atoms with E-state index in [0.29, 0.717) is 0 Å². The molecule has 0 bridgehead atoms. The van der Waals surface area contributed by atoms with Gasteiger partial charge in [0, 0.05) is 6.04 Å². The van der Waals surface area contributed by atoms with E-state index in [0.717, 1.165) is 12.6 Å². The van der Waals surface area contributed by atoms with Crippen molar-refractivity contribution in [1.29, 1.82) is 0 Å². The highest BCUT2D eigenvalue weighted by Crippen LogP contribution is 2.23. The lowest BCUT2D eigenvalue weighted by Gasteiger charge is -2.29. The minimum atomic E-state index is 0.843. The molecule has 106 valence electrons. The second kappa shape index (κ2) is 8.13. The van der Waals surface area contributed by atoms with Crippen molar-refractivity contribution in [3.05, 3.63) is 0 Å². The molecule has 18 heavy (non-hydrogen) atoms.